The zero-order chi connectivity index (χ0) is 11.8. The van der Waals surface area contributed by atoms with E-state index in [2.05, 4.69) is 4.98 Å². The number of nitrogens with two attached hydrogens (primary N) is 1. The Morgan fingerprint density at radius 3 is 2.27 bits per heavy atom. The number of nitrogen functional groups attached to an aromatic ring is 1. The van der Waals surface area contributed by atoms with Crippen molar-refractivity contribution in [1.29, 1.82) is 0 Å². The van der Waals surface area contributed by atoms with E-state index in [0.717, 1.165) is 0 Å². The van der Waals surface area contributed by atoms with Gasteiger partial charge in [-0.05, 0) is 6.07 Å². The van der Waals surface area contributed by atoms with Crippen LogP contribution in [0.3, 0.4) is 0 Å². The van der Waals surface area contributed by atoms with Crippen LogP contribution in [0.5, 0.6) is 0 Å². The Morgan fingerprint density at radius 1 is 1.33 bits per heavy atom. The van der Waals surface area contributed by atoms with Crippen LogP contribution in [-0.2, 0) is 6.18 Å². The number of halogens is 6. The highest BCUT2D eigenvalue weighted by molar-refractivity contribution is 6.32. The molecule has 0 aliphatic rings. The largest absolute Gasteiger partial charge is 0.434 e. The maximum Gasteiger partial charge on any atom is 0.434 e. The minimum atomic E-state index is -4.91. The summed E-state index contributed by atoms with van der Waals surface area (Å²) < 4.78 is 61.2. The van der Waals surface area contributed by atoms with Gasteiger partial charge in [0, 0.05) is 5.56 Å². The Morgan fingerprint density at radius 2 is 1.87 bits per heavy atom. The number of pyridine rings is 1. The second-order valence-electron chi connectivity index (χ2n) is 2.60. The van der Waals surface area contributed by atoms with Crippen molar-refractivity contribution in [3.63, 3.8) is 0 Å². The average Bonchev–Trinajstić information content (AvgIpc) is 2.06. The molecular formula is C7H4ClF5N2. The molecule has 0 amide bonds. The number of alkyl halides is 5. The quantitative estimate of drug-likeness (QED) is 0.773. The second-order valence-corrected chi connectivity index (χ2v) is 2.98. The molecule has 0 atom stereocenters. The van der Waals surface area contributed by atoms with E-state index in [1.807, 2.05) is 0 Å². The lowest BCUT2D eigenvalue weighted by Gasteiger charge is -2.11. The molecule has 2 nitrogen and oxygen atoms in total. The van der Waals surface area contributed by atoms with Gasteiger partial charge in [0.25, 0.3) is 6.43 Å². The van der Waals surface area contributed by atoms with Crippen molar-refractivity contribution in [3.8, 4) is 0 Å². The molecule has 0 radical (unpaired) electrons. The van der Waals surface area contributed by atoms with Gasteiger partial charge in [-0.1, -0.05) is 11.6 Å². The first-order valence-corrected chi connectivity index (χ1v) is 3.92. The standard InChI is InChI=1S/C7H4ClF5N2/c8-4-2(6(9)10)1-3(14)15-5(4)7(11,12)13/h1,6H,(H2,14,15). The Balaban J connectivity index is 3.42. The zero-order valence-electron chi connectivity index (χ0n) is 6.95. The number of nitrogens with zero attached hydrogens (tertiary/aromatic N) is 1. The summed E-state index contributed by atoms with van der Waals surface area (Å²) >= 11 is 5.14. The molecule has 84 valence electrons. The molecule has 0 aliphatic heterocycles. The molecule has 0 saturated carbocycles. The fourth-order valence-electron chi connectivity index (χ4n) is 0.916. The fourth-order valence-corrected chi connectivity index (χ4v) is 1.20. The Labute approximate surface area is 85.9 Å². The molecule has 8 heteroatoms. The summed E-state index contributed by atoms with van der Waals surface area (Å²) in [5, 5.41) is -1.12. The molecule has 1 heterocycles. The van der Waals surface area contributed by atoms with Crippen molar-refractivity contribution in [3.05, 3.63) is 22.3 Å². The van der Waals surface area contributed by atoms with Gasteiger partial charge < -0.3 is 5.73 Å². The van der Waals surface area contributed by atoms with Crippen molar-refractivity contribution in [2.24, 2.45) is 0 Å². The SMILES string of the molecule is Nc1cc(C(F)F)c(Cl)c(C(F)(F)F)n1. The van der Waals surface area contributed by atoms with E-state index in [-0.39, 0.29) is 0 Å². The number of anilines is 1. The monoisotopic (exact) mass is 246 g/mol. The first-order chi connectivity index (χ1) is 6.73. The summed E-state index contributed by atoms with van der Waals surface area (Å²) in [6.07, 6.45) is -8.04. The lowest BCUT2D eigenvalue weighted by Crippen LogP contribution is -2.12. The van der Waals surface area contributed by atoms with E-state index in [4.69, 9.17) is 17.3 Å². The second kappa shape index (κ2) is 3.80. The van der Waals surface area contributed by atoms with Gasteiger partial charge in [-0.2, -0.15) is 13.2 Å². The summed E-state index contributed by atoms with van der Waals surface area (Å²) in [6.45, 7) is 0. The van der Waals surface area contributed by atoms with Crippen LogP contribution in [-0.4, -0.2) is 4.98 Å². The fraction of sp³-hybridized carbons (Fsp3) is 0.286. The van der Waals surface area contributed by atoms with E-state index in [1.54, 1.807) is 0 Å². The molecule has 1 aromatic heterocycles. The summed E-state index contributed by atoms with van der Waals surface area (Å²) in [5.74, 6) is -0.651. The van der Waals surface area contributed by atoms with Gasteiger partial charge in [0.1, 0.15) is 5.82 Å². The highest BCUT2D eigenvalue weighted by Gasteiger charge is 2.37. The zero-order valence-corrected chi connectivity index (χ0v) is 7.70. The molecule has 0 bridgehead atoms. The Kier molecular flexibility index (Phi) is 3.03. The summed E-state index contributed by atoms with van der Waals surface area (Å²) in [7, 11) is 0. The van der Waals surface area contributed by atoms with Crippen LogP contribution >= 0.6 is 11.6 Å². The molecule has 1 aromatic rings. The average molecular weight is 247 g/mol. The third-order valence-electron chi connectivity index (χ3n) is 1.51. The molecule has 0 aliphatic carbocycles. The van der Waals surface area contributed by atoms with Crippen molar-refractivity contribution < 1.29 is 22.0 Å². The van der Waals surface area contributed by atoms with Gasteiger partial charge in [0.05, 0.1) is 5.02 Å². The molecule has 0 saturated heterocycles. The van der Waals surface area contributed by atoms with Crippen LogP contribution in [0.25, 0.3) is 0 Å². The van der Waals surface area contributed by atoms with Gasteiger partial charge in [0.2, 0.25) is 0 Å². The van der Waals surface area contributed by atoms with Crippen LogP contribution in [0.1, 0.15) is 17.7 Å². The Bertz CT molecular complexity index is 376. The summed E-state index contributed by atoms with van der Waals surface area (Å²) in [5.41, 5.74) is 2.39. The minimum Gasteiger partial charge on any atom is -0.384 e. The first-order valence-electron chi connectivity index (χ1n) is 3.54. The van der Waals surface area contributed by atoms with E-state index in [0.29, 0.717) is 6.07 Å². The van der Waals surface area contributed by atoms with Crippen molar-refractivity contribution >= 4 is 17.4 Å². The van der Waals surface area contributed by atoms with E-state index in [1.165, 1.54) is 0 Å². The summed E-state index contributed by atoms with van der Waals surface area (Å²) in [6, 6.07) is 0.613. The molecular weight excluding hydrogens is 243 g/mol. The normalized spacial score (nSPS) is 12.2. The topological polar surface area (TPSA) is 38.9 Å². The molecule has 0 unspecified atom stereocenters. The van der Waals surface area contributed by atoms with E-state index >= 15 is 0 Å². The molecule has 0 fully saturated rings. The molecule has 2 N–H and O–H groups in total. The predicted molar refractivity (Wildman–Crippen MR) is 43.6 cm³/mol. The third kappa shape index (κ3) is 2.47. The van der Waals surface area contributed by atoms with Crippen LogP contribution in [0.15, 0.2) is 6.07 Å². The maximum atomic E-state index is 12.2. The third-order valence-corrected chi connectivity index (χ3v) is 1.91. The van der Waals surface area contributed by atoms with Gasteiger partial charge in [0.15, 0.2) is 5.69 Å². The maximum absolute atomic E-state index is 12.2. The minimum absolute atomic E-state index is 0.613. The van der Waals surface area contributed by atoms with Gasteiger partial charge in [-0.3, -0.25) is 0 Å². The molecule has 0 spiro atoms. The van der Waals surface area contributed by atoms with E-state index < -0.39 is 34.7 Å². The number of hydrogen-bond acceptors (Lipinski definition) is 2. The molecule has 15 heavy (non-hydrogen) atoms. The van der Waals surface area contributed by atoms with Gasteiger partial charge >= 0.3 is 6.18 Å². The Hall–Kier alpha value is -1.11. The molecule has 0 aromatic carbocycles. The van der Waals surface area contributed by atoms with Gasteiger partial charge in [-0.25, -0.2) is 13.8 Å². The lowest BCUT2D eigenvalue weighted by atomic mass is 10.2. The molecule has 1 rings (SSSR count). The van der Waals surface area contributed by atoms with Crippen molar-refractivity contribution in [2.45, 2.75) is 12.6 Å². The van der Waals surface area contributed by atoms with Crippen molar-refractivity contribution in [1.82, 2.24) is 4.98 Å². The number of rotatable bonds is 1. The van der Waals surface area contributed by atoms with Crippen LogP contribution in [0.4, 0.5) is 27.8 Å². The van der Waals surface area contributed by atoms with Gasteiger partial charge in [-0.15, -0.1) is 0 Å². The number of aromatic nitrogens is 1. The van der Waals surface area contributed by atoms with Crippen LogP contribution in [0.2, 0.25) is 5.02 Å². The van der Waals surface area contributed by atoms with Crippen molar-refractivity contribution in [2.75, 3.05) is 5.73 Å². The predicted octanol–water partition coefficient (Wildman–Crippen LogP) is 3.27. The highest BCUT2D eigenvalue weighted by atomic mass is 35.5. The van der Waals surface area contributed by atoms with Crippen LogP contribution in [0, 0.1) is 0 Å². The van der Waals surface area contributed by atoms with Crippen LogP contribution < -0.4 is 5.73 Å². The summed E-state index contributed by atoms with van der Waals surface area (Å²) in [4.78, 5) is 2.87. The number of hydrogen-bond donors (Lipinski definition) is 1. The smallest absolute Gasteiger partial charge is 0.384 e. The lowest BCUT2D eigenvalue weighted by molar-refractivity contribution is -0.141. The highest BCUT2D eigenvalue weighted by Crippen LogP contribution is 2.38. The van der Waals surface area contributed by atoms with E-state index in [9.17, 15) is 22.0 Å². The first kappa shape index (κ1) is 12.0.